The molecule has 0 aliphatic heterocycles. The summed E-state index contributed by atoms with van der Waals surface area (Å²) in [4.78, 5) is 8.99. The van der Waals surface area contributed by atoms with E-state index < -0.39 is 11.7 Å². The number of anilines is 2. The number of nitrogens with one attached hydrogen (secondary N) is 2. The van der Waals surface area contributed by atoms with Crippen LogP contribution in [0.2, 0.25) is 0 Å². The van der Waals surface area contributed by atoms with Gasteiger partial charge in [-0.15, -0.1) is 0 Å². The number of methoxy groups -OCH3 is 1. The van der Waals surface area contributed by atoms with Crippen LogP contribution in [-0.4, -0.2) is 23.6 Å². The third kappa shape index (κ3) is 5.06. The Labute approximate surface area is 201 Å². The topological polar surface area (TPSA) is 59.1 Å². The molecule has 5 nitrogen and oxygen atoms in total. The van der Waals surface area contributed by atoms with Crippen molar-refractivity contribution in [3.05, 3.63) is 84.4 Å². The van der Waals surface area contributed by atoms with Crippen LogP contribution >= 0.6 is 0 Å². The van der Waals surface area contributed by atoms with Gasteiger partial charge < -0.3 is 15.4 Å². The van der Waals surface area contributed by atoms with E-state index in [9.17, 15) is 13.2 Å². The number of rotatable bonds is 8. The molecule has 0 aliphatic rings. The van der Waals surface area contributed by atoms with Gasteiger partial charge in [-0.3, -0.25) is 0 Å². The monoisotopic (exact) mass is 478 g/mol. The zero-order valence-electron chi connectivity index (χ0n) is 19.4. The third-order valence-electron chi connectivity index (χ3n) is 5.47. The number of hydrogen-bond acceptors (Lipinski definition) is 5. The van der Waals surface area contributed by atoms with Crippen LogP contribution < -0.4 is 15.4 Å². The normalized spacial score (nSPS) is 11.3. The highest BCUT2D eigenvalue weighted by atomic mass is 19.4. The molecule has 4 aromatic rings. The van der Waals surface area contributed by atoms with E-state index in [1.807, 2.05) is 24.3 Å². The van der Waals surface area contributed by atoms with E-state index in [1.165, 1.54) is 25.3 Å². The third-order valence-corrected chi connectivity index (χ3v) is 5.47. The average molecular weight is 479 g/mol. The first kappa shape index (κ1) is 24.1. The van der Waals surface area contributed by atoms with E-state index in [-0.39, 0.29) is 11.4 Å². The Morgan fingerprint density at radius 2 is 1.71 bits per heavy atom. The lowest BCUT2D eigenvalue weighted by Gasteiger charge is -2.18. The Morgan fingerprint density at radius 3 is 2.46 bits per heavy atom. The standard InChI is InChI=1S/C27H25F3N4O/c1-4-16-31-22-14-8-6-10-18(22)17(2)32-26-20-12-9-15-23(35-3)24(20)33-25(34-26)19-11-5-7-13-21(19)27(28,29)30/h5-15,31H,2,4,16H2,1,3H3,(H,32,33,34). The highest BCUT2D eigenvalue weighted by Crippen LogP contribution is 2.38. The molecule has 0 unspecified atom stereocenters. The van der Waals surface area contributed by atoms with Gasteiger partial charge in [-0.2, -0.15) is 13.2 Å². The predicted octanol–water partition coefficient (Wildman–Crippen LogP) is 7.23. The molecule has 3 aromatic carbocycles. The smallest absolute Gasteiger partial charge is 0.417 e. The first-order valence-electron chi connectivity index (χ1n) is 11.1. The Morgan fingerprint density at radius 1 is 0.971 bits per heavy atom. The molecular formula is C27H25F3N4O. The molecule has 4 rings (SSSR count). The first-order valence-corrected chi connectivity index (χ1v) is 11.1. The lowest BCUT2D eigenvalue weighted by atomic mass is 10.1. The minimum Gasteiger partial charge on any atom is -0.494 e. The number of hydrogen-bond donors (Lipinski definition) is 2. The zero-order valence-corrected chi connectivity index (χ0v) is 19.4. The Bertz CT molecular complexity index is 1370. The molecule has 0 saturated heterocycles. The fraction of sp³-hybridized carbons (Fsp3) is 0.185. The van der Waals surface area contributed by atoms with Crippen molar-refractivity contribution in [3.8, 4) is 17.1 Å². The van der Waals surface area contributed by atoms with Gasteiger partial charge in [0.25, 0.3) is 0 Å². The number of ether oxygens (including phenoxy) is 1. The quantitative estimate of drug-likeness (QED) is 0.280. The summed E-state index contributed by atoms with van der Waals surface area (Å²) in [5, 5.41) is 7.18. The van der Waals surface area contributed by atoms with Crippen LogP contribution in [0.25, 0.3) is 28.0 Å². The first-order chi connectivity index (χ1) is 16.8. The molecular weight excluding hydrogens is 453 g/mol. The van der Waals surface area contributed by atoms with Gasteiger partial charge in [0.1, 0.15) is 17.1 Å². The molecule has 0 radical (unpaired) electrons. The highest BCUT2D eigenvalue weighted by molar-refractivity contribution is 5.98. The highest BCUT2D eigenvalue weighted by Gasteiger charge is 2.34. The second kappa shape index (κ2) is 10.0. The Balaban J connectivity index is 1.86. The van der Waals surface area contributed by atoms with Gasteiger partial charge in [-0.05, 0) is 30.7 Å². The number of benzene rings is 3. The van der Waals surface area contributed by atoms with Crippen LogP contribution in [-0.2, 0) is 6.18 Å². The molecule has 1 heterocycles. The molecule has 0 bridgehead atoms. The van der Waals surface area contributed by atoms with Gasteiger partial charge in [-0.25, -0.2) is 9.97 Å². The molecule has 35 heavy (non-hydrogen) atoms. The largest absolute Gasteiger partial charge is 0.494 e. The SMILES string of the molecule is C=C(Nc1nc(-c2ccccc2C(F)(F)F)nc2c(OC)cccc12)c1ccccc1NCCC. The van der Waals surface area contributed by atoms with Crippen LogP contribution in [0, 0.1) is 0 Å². The Hall–Kier alpha value is -4.07. The van der Waals surface area contributed by atoms with Crippen LogP contribution in [0.5, 0.6) is 5.75 Å². The fourth-order valence-electron chi connectivity index (χ4n) is 3.80. The van der Waals surface area contributed by atoms with E-state index in [1.54, 1.807) is 18.2 Å². The van der Waals surface area contributed by atoms with Crippen LogP contribution in [0.4, 0.5) is 24.7 Å². The summed E-state index contributed by atoms with van der Waals surface area (Å²) < 4.78 is 46.7. The molecule has 180 valence electrons. The van der Waals surface area contributed by atoms with Crippen molar-refractivity contribution in [2.45, 2.75) is 19.5 Å². The average Bonchev–Trinajstić information content (AvgIpc) is 2.86. The van der Waals surface area contributed by atoms with E-state index in [0.717, 1.165) is 30.3 Å². The molecule has 0 atom stereocenters. The van der Waals surface area contributed by atoms with Crippen molar-refractivity contribution in [1.82, 2.24) is 9.97 Å². The lowest BCUT2D eigenvalue weighted by Crippen LogP contribution is -2.10. The zero-order chi connectivity index (χ0) is 25.0. The van der Waals surface area contributed by atoms with Crippen molar-refractivity contribution in [3.63, 3.8) is 0 Å². The van der Waals surface area contributed by atoms with Gasteiger partial charge in [0.05, 0.1) is 12.7 Å². The maximum absolute atomic E-state index is 13.8. The second-order valence-electron chi connectivity index (χ2n) is 7.87. The fourth-order valence-corrected chi connectivity index (χ4v) is 3.80. The molecule has 0 saturated carbocycles. The molecule has 0 aliphatic carbocycles. The van der Waals surface area contributed by atoms with Crippen LogP contribution in [0.3, 0.4) is 0 Å². The van der Waals surface area contributed by atoms with Gasteiger partial charge in [0, 0.05) is 34.4 Å². The Kier molecular flexibility index (Phi) is 6.91. The van der Waals surface area contributed by atoms with Crippen molar-refractivity contribution in [1.29, 1.82) is 0 Å². The molecule has 2 N–H and O–H groups in total. The maximum atomic E-state index is 13.8. The summed E-state index contributed by atoms with van der Waals surface area (Å²) in [6.07, 6.45) is -3.61. The van der Waals surface area contributed by atoms with Crippen LogP contribution in [0.1, 0.15) is 24.5 Å². The van der Waals surface area contributed by atoms with Gasteiger partial charge in [0.2, 0.25) is 0 Å². The van der Waals surface area contributed by atoms with E-state index in [0.29, 0.717) is 28.2 Å². The second-order valence-corrected chi connectivity index (χ2v) is 7.87. The molecule has 8 heteroatoms. The van der Waals surface area contributed by atoms with Crippen molar-refractivity contribution in [2.24, 2.45) is 0 Å². The van der Waals surface area contributed by atoms with Gasteiger partial charge >= 0.3 is 6.18 Å². The number of alkyl halides is 3. The van der Waals surface area contributed by atoms with E-state index >= 15 is 0 Å². The molecule has 0 spiro atoms. The van der Waals surface area contributed by atoms with E-state index in [4.69, 9.17) is 4.74 Å². The summed E-state index contributed by atoms with van der Waals surface area (Å²) in [5.41, 5.74) is 1.73. The number of nitrogens with zero attached hydrogens (tertiary/aromatic N) is 2. The summed E-state index contributed by atoms with van der Waals surface area (Å²) in [6, 6.07) is 18.2. The molecule has 0 amide bonds. The summed E-state index contributed by atoms with van der Waals surface area (Å²) in [5.74, 6) is 0.688. The summed E-state index contributed by atoms with van der Waals surface area (Å²) >= 11 is 0. The van der Waals surface area contributed by atoms with Gasteiger partial charge in [-0.1, -0.05) is 56.0 Å². The van der Waals surface area contributed by atoms with Crippen LogP contribution in [0.15, 0.2) is 73.3 Å². The van der Waals surface area contributed by atoms with E-state index in [2.05, 4.69) is 34.1 Å². The van der Waals surface area contributed by atoms with Crippen molar-refractivity contribution < 1.29 is 17.9 Å². The summed E-state index contributed by atoms with van der Waals surface area (Å²) in [7, 11) is 1.49. The van der Waals surface area contributed by atoms with Crippen molar-refractivity contribution in [2.75, 3.05) is 24.3 Å². The molecule has 1 aromatic heterocycles. The minimum atomic E-state index is -4.56. The number of fused-ring (bicyclic) bond motifs is 1. The maximum Gasteiger partial charge on any atom is 0.417 e. The van der Waals surface area contributed by atoms with Gasteiger partial charge in [0.15, 0.2) is 5.82 Å². The van der Waals surface area contributed by atoms with Crippen molar-refractivity contribution >= 4 is 28.1 Å². The number of halogens is 3. The summed E-state index contributed by atoms with van der Waals surface area (Å²) in [6.45, 7) is 7.04. The minimum absolute atomic E-state index is 0.0670. The number of aromatic nitrogens is 2. The number of para-hydroxylation sites is 2. The molecule has 0 fully saturated rings. The predicted molar refractivity (Wildman–Crippen MR) is 134 cm³/mol. The lowest BCUT2D eigenvalue weighted by molar-refractivity contribution is -0.137.